The third-order valence-electron chi connectivity index (χ3n) is 2.68. The smallest absolute Gasteiger partial charge is 0.166 e. The van der Waals surface area contributed by atoms with Crippen molar-refractivity contribution in [2.75, 3.05) is 5.73 Å². The number of aromatic hydroxyl groups is 1. The summed E-state index contributed by atoms with van der Waals surface area (Å²) in [6, 6.07) is 3.29. The number of Topliss-reactive ketones (excluding diaryl/α,β-unsaturated/α-hetero) is 1. The number of hydrogen-bond donors (Lipinski definition) is 2. The monoisotopic (exact) mass is 235 g/mol. The summed E-state index contributed by atoms with van der Waals surface area (Å²) in [5.41, 5.74) is 7.38. The fourth-order valence-electron chi connectivity index (χ4n) is 1.81. The molecule has 1 aromatic rings. The molecule has 0 atom stereocenters. The predicted molar refractivity (Wildman–Crippen MR) is 70.4 cm³/mol. The van der Waals surface area contributed by atoms with Crippen molar-refractivity contribution in [3.8, 4) is 5.75 Å². The van der Waals surface area contributed by atoms with Crippen molar-refractivity contribution < 1.29 is 9.90 Å². The maximum Gasteiger partial charge on any atom is 0.166 e. The highest BCUT2D eigenvalue weighted by molar-refractivity contribution is 6.00. The van der Waals surface area contributed by atoms with Crippen LogP contribution in [0.25, 0.3) is 0 Å². The fraction of sp³-hybridized carbons (Fsp3) is 0.500. The summed E-state index contributed by atoms with van der Waals surface area (Å²) < 4.78 is 0. The van der Waals surface area contributed by atoms with Crippen LogP contribution in [0.2, 0.25) is 0 Å². The third-order valence-corrected chi connectivity index (χ3v) is 2.68. The Kier molecular flexibility index (Phi) is 4.16. The molecular weight excluding hydrogens is 214 g/mol. The van der Waals surface area contributed by atoms with E-state index in [-0.39, 0.29) is 23.4 Å². The van der Waals surface area contributed by atoms with Gasteiger partial charge in [-0.1, -0.05) is 27.7 Å². The first kappa shape index (κ1) is 13.6. The van der Waals surface area contributed by atoms with E-state index in [9.17, 15) is 9.90 Å². The maximum atomic E-state index is 12.0. The van der Waals surface area contributed by atoms with Crippen LogP contribution in [0.4, 0.5) is 5.69 Å². The number of anilines is 1. The maximum absolute atomic E-state index is 12.0. The molecule has 1 aromatic carbocycles. The van der Waals surface area contributed by atoms with Crippen molar-refractivity contribution in [2.45, 2.75) is 40.0 Å². The molecule has 0 aliphatic heterocycles. The molecule has 0 saturated carbocycles. The molecule has 0 heterocycles. The summed E-state index contributed by atoms with van der Waals surface area (Å²) in [5.74, 6) is 0.446. The Morgan fingerprint density at radius 2 is 1.88 bits per heavy atom. The Bertz CT molecular complexity index is 422. The molecule has 3 N–H and O–H groups in total. The van der Waals surface area contributed by atoms with Crippen LogP contribution in [0.1, 0.15) is 56.0 Å². The number of phenols is 1. The average molecular weight is 235 g/mol. The Labute approximate surface area is 103 Å². The van der Waals surface area contributed by atoms with Gasteiger partial charge in [-0.05, 0) is 29.5 Å². The number of rotatable bonds is 4. The number of carbonyl (C=O) groups is 1. The van der Waals surface area contributed by atoms with Gasteiger partial charge in [0.05, 0.1) is 5.56 Å². The van der Waals surface area contributed by atoms with Gasteiger partial charge in [0, 0.05) is 12.1 Å². The van der Waals surface area contributed by atoms with Gasteiger partial charge in [-0.3, -0.25) is 4.79 Å². The van der Waals surface area contributed by atoms with Crippen LogP contribution >= 0.6 is 0 Å². The molecular formula is C14H21NO2. The van der Waals surface area contributed by atoms with Gasteiger partial charge < -0.3 is 10.8 Å². The summed E-state index contributed by atoms with van der Waals surface area (Å²) in [6.45, 7) is 7.88. The topological polar surface area (TPSA) is 63.3 Å². The zero-order valence-corrected chi connectivity index (χ0v) is 10.9. The van der Waals surface area contributed by atoms with Gasteiger partial charge in [-0.2, -0.15) is 0 Å². The molecule has 0 aliphatic rings. The minimum Gasteiger partial charge on any atom is -0.507 e. The van der Waals surface area contributed by atoms with E-state index in [0.717, 1.165) is 5.56 Å². The van der Waals surface area contributed by atoms with Crippen molar-refractivity contribution in [1.82, 2.24) is 0 Å². The lowest BCUT2D eigenvalue weighted by Crippen LogP contribution is -2.06. The summed E-state index contributed by atoms with van der Waals surface area (Å²) in [7, 11) is 0. The van der Waals surface area contributed by atoms with Crippen molar-refractivity contribution in [3.63, 3.8) is 0 Å². The quantitative estimate of drug-likeness (QED) is 0.478. The van der Waals surface area contributed by atoms with Gasteiger partial charge in [-0.25, -0.2) is 0 Å². The van der Waals surface area contributed by atoms with Crippen LogP contribution < -0.4 is 5.73 Å². The first-order valence-electron chi connectivity index (χ1n) is 5.98. The minimum atomic E-state index is -0.0494. The molecule has 0 amide bonds. The van der Waals surface area contributed by atoms with E-state index in [1.807, 2.05) is 27.7 Å². The molecule has 3 heteroatoms. The van der Waals surface area contributed by atoms with Crippen molar-refractivity contribution in [3.05, 3.63) is 23.3 Å². The molecule has 0 unspecified atom stereocenters. The molecule has 0 bridgehead atoms. The zero-order chi connectivity index (χ0) is 13.2. The first-order chi connectivity index (χ1) is 7.82. The van der Waals surface area contributed by atoms with Gasteiger partial charge in [-0.15, -0.1) is 0 Å². The normalized spacial score (nSPS) is 11.2. The molecule has 3 nitrogen and oxygen atoms in total. The number of nitrogen functional groups attached to an aromatic ring is 1. The molecule has 0 saturated heterocycles. The number of carbonyl (C=O) groups excluding carboxylic acids is 1. The second-order valence-electron chi connectivity index (χ2n) is 5.18. The van der Waals surface area contributed by atoms with Gasteiger partial charge in [0.15, 0.2) is 5.78 Å². The van der Waals surface area contributed by atoms with Crippen LogP contribution in [-0.2, 0) is 0 Å². The fourth-order valence-corrected chi connectivity index (χ4v) is 1.81. The largest absolute Gasteiger partial charge is 0.507 e. The Balaban J connectivity index is 3.20. The molecule has 0 fully saturated rings. The molecule has 17 heavy (non-hydrogen) atoms. The summed E-state index contributed by atoms with van der Waals surface area (Å²) in [6.07, 6.45) is 0.425. The lowest BCUT2D eigenvalue weighted by Gasteiger charge is -2.14. The van der Waals surface area contributed by atoms with Crippen molar-refractivity contribution >= 4 is 11.5 Å². The number of hydrogen-bond acceptors (Lipinski definition) is 3. The van der Waals surface area contributed by atoms with Crippen LogP contribution in [0.15, 0.2) is 12.1 Å². The highest BCUT2D eigenvalue weighted by atomic mass is 16.3. The lowest BCUT2D eigenvalue weighted by atomic mass is 9.94. The Morgan fingerprint density at radius 3 is 2.35 bits per heavy atom. The molecule has 0 radical (unpaired) electrons. The molecule has 0 aromatic heterocycles. The third kappa shape index (κ3) is 3.22. The Morgan fingerprint density at radius 1 is 1.29 bits per heavy atom. The van der Waals surface area contributed by atoms with Crippen molar-refractivity contribution in [2.24, 2.45) is 5.92 Å². The molecule has 94 valence electrons. The summed E-state index contributed by atoms with van der Waals surface area (Å²) in [4.78, 5) is 12.0. The summed E-state index contributed by atoms with van der Waals surface area (Å²) in [5, 5.41) is 10.1. The van der Waals surface area contributed by atoms with Crippen LogP contribution in [-0.4, -0.2) is 10.9 Å². The van der Waals surface area contributed by atoms with Crippen molar-refractivity contribution in [1.29, 1.82) is 0 Å². The van der Waals surface area contributed by atoms with Gasteiger partial charge in [0.25, 0.3) is 0 Å². The zero-order valence-electron chi connectivity index (χ0n) is 10.9. The first-order valence-corrected chi connectivity index (χ1v) is 5.98. The predicted octanol–water partition coefficient (Wildman–Crippen LogP) is 3.33. The number of nitrogens with two attached hydrogens (primary N) is 1. The number of phenolic OH excluding ortho intramolecular Hbond substituents is 1. The van der Waals surface area contributed by atoms with Gasteiger partial charge in [0.1, 0.15) is 5.75 Å². The van der Waals surface area contributed by atoms with Crippen LogP contribution in [0.5, 0.6) is 5.75 Å². The van der Waals surface area contributed by atoms with Gasteiger partial charge >= 0.3 is 0 Å². The second-order valence-corrected chi connectivity index (χ2v) is 5.18. The van der Waals surface area contributed by atoms with E-state index in [4.69, 9.17) is 5.73 Å². The number of benzene rings is 1. The van der Waals surface area contributed by atoms with E-state index in [1.54, 1.807) is 12.1 Å². The van der Waals surface area contributed by atoms with Gasteiger partial charge in [0.2, 0.25) is 0 Å². The summed E-state index contributed by atoms with van der Waals surface area (Å²) >= 11 is 0. The lowest BCUT2D eigenvalue weighted by molar-refractivity contribution is 0.0965. The molecule has 0 aliphatic carbocycles. The molecule has 1 rings (SSSR count). The van der Waals surface area contributed by atoms with E-state index < -0.39 is 0 Å². The average Bonchev–Trinajstić information content (AvgIpc) is 2.19. The standard InChI is InChI=1S/C14H21NO2/c1-8(2)5-13(16)12-7-10(15)6-11(9(3)4)14(12)17/h6-9,17H,5,15H2,1-4H3. The number of ketones is 1. The van der Waals surface area contributed by atoms with E-state index in [1.165, 1.54) is 0 Å². The van der Waals surface area contributed by atoms with E-state index in [0.29, 0.717) is 17.7 Å². The van der Waals surface area contributed by atoms with E-state index in [2.05, 4.69) is 0 Å². The Hall–Kier alpha value is -1.51. The van der Waals surface area contributed by atoms with E-state index >= 15 is 0 Å². The minimum absolute atomic E-state index is 0.0494. The SMILES string of the molecule is CC(C)CC(=O)c1cc(N)cc(C(C)C)c1O. The molecule has 0 spiro atoms. The van der Waals surface area contributed by atoms with Crippen LogP contribution in [0, 0.1) is 5.92 Å². The highest BCUT2D eigenvalue weighted by Crippen LogP contribution is 2.32. The second kappa shape index (κ2) is 5.21. The van der Waals surface area contributed by atoms with Crippen LogP contribution in [0.3, 0.4) is 0 Å². The highest BCUT2D eigenvalue weighted by Gasteiger charge is 2.18.